The van der Waals surface area contributed by atoms with Crippen molar-refractivity contribution in [1.82, 2.24) is 5.32 Å². The van der Waals surface area contributed by atoms with Crippen LogP contribution in [-0.2, 0) is 6.42 Å². The average molecular weight is 221 g/mol. The van der Waals surface area contributed by atoms with Gasteiger partial charge in [0.15, 0.2) is 0 Å². The Morgan fingerprint density at radius 3 is 3.07 bits per heavy atom. The molecular weight excluding hydrogens is 202 g/mol. The van der Waals surface area contributed by atoms with E-state index in [1.165, 1.54) is 35.6 Å². The summed E-state index contributed by atoms with van der Waals surface area (Å²) in [6.45, 7) is 3.39. The molecule has 1 atom stereocenters. The monoisotopic (exact) mass is 221 g/mol. The van der Waals surface area contributed by atoms with E-state index in [1.807, 2.05) is 11.3 Å². The largest absolute Gasteiger partial charge is 0.311 e. The Labute approximate surface area is 96.2 Å². The van der Waals surface area contributed by atoms with E-state index in [0.29, 0.717) is 6.04 Å². The zero-order valence-corrected chi connectivity index (χ0v) is 10.1. The van der Waals surface area contributed by atoms with Crippen molar-refractivity contribution < 1.29 is 0 Å². The van der Waals surface area contributed by atoms with Crippen LogP contribution >= 0.6 is 11.3 Å². The molecule has 1 aliphatic heterocycles. The lowest BCUT2D eigenvalue weighted by molar-refractivity contribution is 0.455. The molecule has 1 unspecified atom stereocenters. The van der Waals surface area contributed by atoms with Crippen LogP contribution in [0.15, 0.2) is 18.2 Å². The van der Waals surface area contributed by atoms with Crippen LogP contribution in [0.3, 0.4) is 0 Å². The predicted octanol–water partition coefficient (Wildman–Crippen LogP) is 3.47. The summed E-state index contributed by atoms with van der Waals surface area (Å²) >= 11 is 1.91. The van der Waals surface area contributed by atoms with Gasteiger partial charge >= 0.3 is 0 Å². The van der Waals surface area contributed by atoms with Crippen LogP contribution in [0.5, 0.6) is 0 Å². The minimum absolute atomic E-state index is 0.603. The van der Waals surface area contributed by atoms with Gasteiger partial charge in [-0.15, -0.1) is 11.3 Å². The maximum Gasteiger partial charge on any atom is 0.0270 e. The van der Waals surface area contributed by atoms with E-state index in [-0.39, 0.29) is 0 Å². The van der Waals surface area contributed by atoms with Crippen molar-refractivity contribution in [3.8, 4) is 0 Å². The second-order valence-corrected chi connectivity index (χ2v) is 5.27. The van der Waals surface area contributed by atoms with E-state index < -0.39 is 0 Å². The van der Waals surface area contributed by atoms with Gasteiger partial charge in [0.1, 0.15) is 0 Å². The van der Waals surface area contributed by atoms with E-state index in [9.17, 15) is 0 Å². The number of thiophene rings is 1. The molecule has 0 bridgehead atoms. The number of hydrogen-bond acceptors (Lipinski definition) is 2. The van der Waals surface area contributed by atoms with Crippen molar-refractivity contribution in [3.63, 3.8) is 0 Å². The zero-order chi connectivity index (χ0) is 10.5. The molecule has 0 saturated carbocycles. The van der Waals surface area contributed by atoms with E-state index >= 15 is 0 Å². The SMILES string of the molecule is CCc1ccc(/C=C/C2CCCCN2)s1. The number of nitrogens with one attached hydrogen (secondary N) is 1. The Kier molecular flexibility index (Phi) is 3.98. The molecule has 1 fully saturated rings. The summed E-state index contributed by atoms with van der Waals surface area (Å²) in [5.74, 6) is 0. The summed E-state index contributed by atoms with van der Waals surface area (Å²) < 4.78 is 0. The molecule has 1 saturated heterocycles. The molecule has 0 aliphatic carbocycles. The van der Waals surface area contributed by atoms with Gasteiger partial charge in [0.05, 0.1) is 0 Å². The third-order valence-electron chi connectivity index (χ3n) is 2.87. The molecule has 0 radical (unpaired) electrons. The first-order valence-corrected chi connectivity index (χ1v) is 6.70. The standard InChI is InChI=1S/C13H19NS/c1-2-12-8-9-13(15-12)7-6-11-5-3-4-10-14-11/h6-9,11,14H,2-5,10H2,1H3/b7-6+. The Balaban J connectivity index is 1.91. The number of piperidine rings is 1. The van der Waals surface area contributed by atoms with E-state index in [0.717, 1.165) is 6.42 Å². The number of hydrogen-bond donors (Lipinski definition) is 1. The quantitative estimate of drug-likeness (QED) is 0.824. The van der Waals surface area contributed by atoms with Gasteiger partial charge in [0.2, 0.25) is 0 Å². The molecule has 0 amide bonds. The van der Waals surface area contributed by atoms with Gasteiger partial charge < -0.3 is 5.32 Å². The molecule has 1 aliphatic rings. The average Bonchev–Trinajstić information content (AvgIpc) is 2.76. The van der Waals surface area contributed by atoms with Crippen LogP contribution in [0, 0.1) is 0 Å². The zero-order valence-electron chi connectivity index (χ0n) is 9.33. The van der Waals surface area contributed by atoms with Crippen LogP contribution in [-0.4, -0.2) is 12.6 Å². The summed E-state index contributed by atoms with van der Waals surface area (Å²) in [4.78, 5) is 2.87. The predicted molar refractivity (Wildman–Crippen MR) is 68.4 cm³/mol. The minimum Gasteiger partial charge on any atom is -0.311 e. The third kappa shape index (κ3) is 3.18. The third-order valence-corrected chi connectivity index (χ3v) is 4.07. The fourth-order valence-corrected chi connectivity index (χ4v) is 2.79. The van der Waals surface area contributed by atoms with Crippen molar-refractivity contribution in [2.75, 3.05) is 6.54 Å². The van der Waals surface area contributed by atoms with E-state index in [4.69, 9.17) is 0 Å². The summed E-state index contributed by atoms with van der Waals surface area (Å²) in [6, 6.07) is 5.06. The molecule has 2 heteroatoms. The van der Waals surface area contributed by atoms with Crippen molar-refractivity contribution in [2.45, 2.75) is 38.6 Å². The van der Waals surface area contributed by atoms with Gasteiger partial charge in [-0.3, -0.25) is 0 Å². The molecule has 1 aromatic heterocycles. The molecule has 2 rings (SSSR count). The second kappa shape index (κ2) is 5.47. The summed E-state index contributed by atoms with van der Waals surface area (Å²) in [5, 5.41) is 3.53. The smallest absolute Gasteiger partial charge is 0.0270 e. The van der Waals surface area contributed by atoms with E-state index in [1.54, 1.807) is 0 Å². The highest BCUT2D eigenvalue weighted by atomic mass is 32.1. The first kappa shape index (κ1) is 10.9. The van der Waals surface area contributed by atoms with E-state index in [2.05, 4.69) is 36.5 Å². The highest BCUT2D eigenvalue weighted by molar-refractivity contribution is 7.12. The lowest BCUT2D eigenvalue weighted by Crippen LogP contribution is -2.31. The molecule has 15 heavy (non-hydrogen) atoms. The van der Waals surface area contributed by atoms with Crippen molar-refractivity contribution >= 4 is 17.4 Å². The van der Waals surface area contributed by atoms with Crippen molar-refractivity contribution in [3.05, 3.63) is 28.0 Å². The Morgan fingerprint density at radius 1 is 1.47 bits per heavy atom. The molecule has 82 valence electrons. The van der Waals surface area contributed by atoms with Gasteiger partial charge in [-0.2, -0.15) is 0 Å². The lowest BCUT2D eigenvalue weighted by atomic mass is 10.0. The first-order valence-electron chi connectivity index (χ1n) is 5.89. The Morgan fingerprint density at radius 2 is 2.40 bits per heavy atom. The minimum atomic E-state index is 0.603. The fraction of sp³-hybridized carbons (Fsp3) is 0.538. The van der Waals surface area contributed by atoms with Crippen molar-refractivity contribution in [1.29, 1.82) is 0 Å². The van der Waals surface area contributed by atoms with Crippen molar-refractivity contribution in [2.24, 2.45) is 0 Å². The van der Waals surface area contributed by atoms with Gasteiger partial charge in [0.25, 0.3) is 0 Å². The lowest BCUT2D eigenvalue weighted by Gasteiger charge is -2.19. The Bertz CT molecular complexity index is 321. The van der Waals surface area contributed by atoms with Crippen LogP contribution in [0.2, 0.25) is 0 Å². The summed E-state index contributed by atoms with van der Waals surface area (Å²) in [5.41, 5.74) is 0. The topological polar surface area (TPSA) is 12.0 Å². The fourth-order valence-electron chi connectivity index (χ4n) is 1.93. The molecule has 0 spiro atoms. The summed E-state index contributed by atoms with van der Waals surface area (Å²) in [6.07, 6.45) is 9.75. The maximum absolute atomic E-state index is 3.53. The highest BCUT2D eigenvalue weighted by Crippen LogP contribution is 2.19. The van der Waals surface area contributed by atoms with Crippen LogP contribution in [0.4, 0.5) is 0 Å². The number of rotatable bonds is 3. The molecule has 0 aromatic carbocycles. The first-order chi connectivity index (χ1) is 7.38. The van der Waals surface area contributed by atoms with Gasteiger partial charge in [0, 0.05) is 15.8 Å². The van der Waals surface area contributed by atoms with Gasteiger partial charge in [-0.1, -0.05) is 19.4 Å². The van der Waals surface area contributed by atoms with Crippen LogP contribution in [0.1, 0.15) is 35.9 Å². The Hall–Kier alpha value is -0.600. The molecule has 1 aromatic rings. The number of aryl methyl sites for hydroxylation is 1. The highest BCUT2D eigenvalue weighted by Gasteiger charge is 2.08. The normalized spacial score (nSPS) is 22.3. The molecule has 2 heterocycles. The molecule has 1 N–H and O–H groups in total. The van der Waals surface area contributed by atoms with Crippen LogP contribution in [0.25, 0.3) is 6.08 Å². The van der Waals surface area contributed by atoms with Gasteiger partial charge in [-0.25, -0.2) is 0 Å². The maximum atomic E-state index is 3.53. The second-order valence-electron chi connectivity index (χ2n) is 4.07. The van der Waals surface area contributed by atoms with Gasteiger partial charge in [-0.05, 0) is 44.0 Å². The summed E-state index contributed by atoms with van der Waals surface area (Å²) in [7, 11) is 0. The molecule has 1 nitrogen and oxygen atoms in total. The molecular formula is C13H19NS. The van der Waals surface area contributed by atoms with Crippen LogP contribution < -0.4 is 5.32 Å².